The maximum atomic E-state index is 11.9. The van der Waals surface area contributed by atoms with Gasteiger partial charge in [0.15, 0.2) is 5.78 Å². The van der Waals surface area contributed by atoms with Crippen molar-refractivity contribution in [2.24, 2.45) is 5.10 Å². The van der Waals surface area contributed by atoms with E-state index < -0.39 is 0 Å². The maximum Gasteiger partial charge on any atom is 0.218 e. The zero-order valence-corrected chi connectivity index (χ0v) is 13.3. The molecule has 0 fully saturated rings. The van der Waals surface area contributed by atoms with Crippen molar-refractivity contribution >= 4 is 44.3 Å². The number of hydrazone groups is 1. The second-order valence-electron chi connectivity index (χ2n) is 4.60. The van der Waals surface area contributed by atoms with E-state index in [9.17, 15) is 4.79 Å². The normalized spacial score (nSPS) is 11.6. The van der Waals surface area contributed by atoms with Gasteiger partial charge in [0.2, 0.25) is 5.84 Å². The van der Waals surface area contributed by atoms with Gasteiger partial charge < -0.3 is 0 Å². The van der Waals surface area contributed by atoms with Crippen molar-refractivity contribution in [2.75, 3.05) is 5.43 Å². The summed E-state index contributed by atoms with van der Waals surface area (Å²) in [5.74, 6) is -0.0307. The minimum absolute atomic E-state index is 0.177. The number of ketones is 1. The third-order valence-electron chi connectivity index (χ3n) is 3.00. The third kappa shape index (κ3) is 2.89. The molecule has 7 heteroatoms. The minimum atomic E-state index is -0.208. The van der Waals surface area contributed by atoms with E-state index in [0.717, 1.165) is 15.7 Å². The highest BCUT2D eigenvalue weighted by Crippen LogP contribution is 2.14. The van der Waals surface area contributed by atoms with Crippen molar-refractivity contribution in [1.29, 1.82) is 0 Å². The second kappa shape index (κ2) is 6.07. The highest BCUT2D eigenvalue weighted by atomic mass is 79.9. The molecule has 3 rings (SSSR count). The van der Waals surface area contributed by atoms with E-state index in [0.29, 0.717) is 5.52 Å². The molecule has 0 amide bonds. The van der Waals surface area contributed by atoms with Crippen LogP contribution in [0.4, 0.5) is 5.69 Å². The van der Waals surface area contributed by atoms with E-state index >= 15 is 0 Å². The smallest absolute Gasteiger partial charge is 0.218 e. The van der Waals surface area contributed by atoms with Gasteiger partial charge in [0.05, 0.1) is 11.2 Å². The molecule has 0 aliphatic rings. The first kappa shape index (κ1) is 14.4. The van der Waals surface area contributed by atoms with Gasteiger partial charge in [-0.15, -0.1) is 5.10 Å². The number of hydrogen-bond donors (Lipinski definition) is 1. The predicted molar refractivity (Wildman–Crippen MR) is 88.8 cm³/mol. The van der Waals surface area contributed by atoms with Crippen LogP contribution in [-0.4, -0.2) is 26.6 Å². The number of nitrogens with zero attached hydrogens (tertiary/aromatic N) is 4. The van der Waals surface area contributed by atoms with Crippen LogP contribution < -0.4 is 5.43 Å². The predicted octanol–water partition coefficient (Wildman–Crippen LogP) is 3.06. The van der Waals surface area contributed by atoms with Gasteiger partial charge in [-0.1, -0.05) is 33.3 Å². The molecule has 0 aliphatic carbocycles. The summed E-state index contributed by atoms with van der Waals surface area (Å²) in [6, 6.07) is 14.9. The van der Waals surface area contributed by atoms with Crippen molar-refractivity contribution < 1.29 is 4.79 Å². The van der Waals surface area contributed by atoms with Gasteiger partial charge in [0.25, 0.3) is 0 Å². The topological polar surface area (TPSA) is 72.2 Å². The molecule has 0 spiro atoms. The van der Waals surface area contributed by atoms with Crippen LogP contribution in [0.15, 0.2) is 58.1 Å². The van der Waals surface area contributed by atoms with Crippen LogP contribution >= 0.6 is 15.9 Å². The number of hydrogen-bond acceptors (Lipinski definition) is 5. The fourth-order valence-corrected chi connectivity index (χ4v) is 2.21. The molecule has 110 valence electrons. The second-order valence-corrected chi connectivity index (χ2v) is 5.52. The Kier molecular flexibility index (Phi) is 3.97. The fourth-order valence-electron chi connectivity index (χ4n) is 1.94. The summed E-state index contributed by atoms with van der Waals surface area (Å²) in [5, 5.41) is 12.2. The van der Waals surface area contributed by atoms with Crippen LogP contribution in [0.2, 0.25) is 0 Å². The standard InChI is InChI=1S/C15H12BrN5O/c1-10(22)15(19-17-12-8-6-11(16)7-9-12)21-14-5-3-2-4-13(14)18-20-21/h2-9,17H,1H3/b19-15+. The molecule has 1 heterocycles. The molecule has 3 aromatic rings. The summed E-state index contributed by atoms with van der Waals surface area (Å²) in [6.07, 6.45) is 0. The van der Waals surface area contributed by atoms with Crippen molar-refractivity contribution in [3.05, 3.63) is 53.0 Å². The van der Waals surface area contributed by atoms with E-state index in [1.54, 1.807) is 0 Å². The quantitative estimate of drug-likeness (QED) is 0.444. The number of anilines is 1. The molecule has 22 heavy (non-hydrogen) atoms. The molecule has 0 saturated carbocycles. The van der Waals surface area contributed by atoms with E-state index in [-0.39, 0.29) is 11.6 Å². The van der Waals surface area contributed by atoms with Crippen LogP contribution in [0.3, 0.4) is 0 Å². The number of para-hydroxylation sites is 1. The number of carbonyl (C=O) groups is 1. The largest absolute Gasteiger partial charge is 0.291 e. The Labute approximate surface area is 135 Å². The number of benzene rings is 2. The van der Waals surface area contributed by atoms with Gasteiger partial charge in [-0.2, -0.15) is 9.78 Å². The first-order chi connectivity index (χ1) is 10.6. The van der Waals surface area contributed by atoms with Crippen molar-refractivity contribution in [3.8, 4) is 0 Å². The summed E-state index contributed by atoms with van der Waals surface area (Å²) in [6.45, 7) is 1.44. The summed E-state index contributed by atoms with van der Waals surface area (Å²) < 4.78 is 2.40. The molecule has 0 aliphatic heterocycles. The summed E-state index contributed by atoms with van der Waals surface area (Å²) in [4.78, 5) is 11.9. The van der Waals surface area contributed by atoms with Crippen LogP contribution in [0.25, 0.3) is 11.0 Å². The lowest BCUT2D eigenvalue weighted by Gasteiger charge is -2.05. The van der Waals surface area contributed by atoms with E-state index in [4.69, 9.17) is 0 Å². The Hall–Kier alpha value is -2.54. The number of fused-ring (bicyclic) bond motifs is 1. The highest BCUT2D eigenvalue weighted by molar-refractivity contribution is 9.10. The zero-order valence-electron chi connectivity index (χ0n) is 11.7. The molecule has 0 unspecified atom stereocenters. The SMILES string of the molecule is CC(=O)/C(=N\Nc1ccc(Br)cc1)n1nnc2ccccc21. The van der Waals surface area contributed by atoms with Crippen molar-refractivity contribution in [1.82, 2.24) is 15.0 Å². The Balaban J connectivity index is 1.97. The van der Waals surface area contributed by atoms with E-state index in [2.05, 4.69) is 36.8 Å². The molecule has 1 N–H and O–H groups in total. The van der Waals surface area contributed by atoms with Gasteiger partial charge in [-0.05, 0) is 36.4 Å². The molecule has 0 saturated heterocycles. The molecule has 0 atom stereocenters. The molecule has 0 radical (unpaired) electrons. The Bertz CT molecular complexity index is 854. The Morgan fingerprint density at radius 2 is 1.91 bits per heavy atom. The third-order valence-corrected chi connectivity index (χ3v) is 3.53. The molecule has 0 bridgehead atoms. The number of Topliss-reactive ketones (excluding diaryl/α,β-unsaturated/α-hetero) is 1. The van der Waals surface area contributed by atoms with Gasteiger partial charge in [0, 0.05) is 11.4 Å². The number of aromatic nitrogens is 3. The average Bonchev–Trinajstić information content (AvgIpc) is 2.93. The number of nitrogens with one attached hydrogen (secondary N) is 1. The highest BCUT2D eigenvalue weighted by Gasteiger charge is 2.14. The number of halogens is 1. The lowest BCUT2D eigenvalue weighted by molar-refractivity contribution is -0.111. The minimum Gasteiger partial charge on any atom is -0.291 e. The lowest BCUT2D eigenvalue weighted by Crippen LogP contribution is -2.23. The fraction of sp³-hybridized carbons (Fsp3) is 0.0667. The summed E-state index contributed by atoms with van der Waals surface area (Å²) >= 11 is 3.37. The Morgan fingerprint density at radius 1 is 1.18 bits per heavy atom. The first-order valence-corrected chi connectivity index (χ1v) is 7.35. The Morgan fingerprint density at radius 3 is 2.64 bits per heavy atom. The number of carbonyl (C=O) groups excluding carboxylic acids is 1. The van der Waals surface area contributed by atoms with Crippen LogP contribution in [0, 0.1) is 0 Å². The summed E-state index contributed by atoms with van der Waals surface area (Å²) in [7, 11) is 0. The van der Waals surface area contributed by atoms with E-state index in [1.807, 2.05) is 48.5 Å². The molecular weight excluding hydrogens is 346 g/mol. The number of rotatable bonds is 3. The van der Waals surface area contributed by atoms with Crippen LogP contribution in [0.1, 0.15) is 6.92 Å². The van der Waals surface area contributed by atoms with Gasteiger partial charge in [-0.3, -0.25) is 10.2 Å². The summed E-state index contributed by atoms with van der Waals surface area (Å²) in [5.41, 5.74) is 5.07. The van der Waals surface area contributed by atoms with Crippen molar-refractivity contribution in [2.45, 2.75) is 6.92 Å². The van der Waals surface area contributed by atoms with Gasteiger partial charge in [0.1, 0.15) is 5.52 Å². The van der Waals surface area contributed by atoms with Gasteiger partial charge in [-0.25, -0.2) is 0 Å². The average molecular weight is 358 g/mol. The maximum absolute atomic E-state index is 11.9. The zero-order chi connectivity index (χ0) is 15.5. The van der Waals surface area contributed by atoms with Crippen LogP contribution in [-0.2, 0) is 4.79 Å². The van der Waals surface area contributed by atoms with E-state index in [1.165, 1.54) is 11.6 Å². The first-order valence-electron chi connectivity index (χ1n) is 6.56. The van der Waals surface area contributed by atoms with Gasteiger partial charge >= 0.3 is 0 Å². The van der Waals surface area contributed by atoms with Crippen molar-refractivity contribution in [3.63, 3.8) is 0 Å². The molecule has 2 aromatic carbocycles. The van der Waals surface area contributed by atoms with Crippen LogP contribution in [0.5, 0.6) is 0 Å². The molecule has 1 aromatic heterocycles. The lowest BCUT2D eigenvalue weighted by atomic mass is 10.3. The molecule has 6 nitrogen and oxygen atoms in total. The molecular formula is C15H12BrN5O. The monoisotopic (exact) mass is 357 g/mol.